The van der Waals surface area contributed by atoms with Gasteiger partial charge in [-0.15, -0.1) is 5.10 Å². The van der Waals surface area contributed by atoms with Crippen LogP contribution in [0.2, 0.25) is 0 Å². The molecule has 0 aliphatic carbocycles. The number of carbonyl (C=O) groups is 1. The molecule has 0 aliphatic heterocycles. The number of hydrogen-bond acceptors (Lipinski definition) is 7. The van der Waals surface area contributed by atoms with Gasteiger partial charge in [-0.3, -0.25) is 4.79 Å². The quantitative estimate of drug-likeness (QED) is 0.397. The highest BCUT2D eigenvalue weighted by atomic mass is 16.5. The van der Waals surface area contributed by atoms with Crippen LogP contribution in [-0.2, 0) is 0 Å². The van der Waals surface area contributed by atoms with Gasteiger partial charge in [0.2, 0.25) is 0 Å². The van der Waals surface area contributed by atoms with Crippen molar-refractivity contribution < 1.29 is 18.8 Å². The Hall–Kier alpha value is -4.66. The molecule has 3 aromatic carbocycles. The maximum atomic E-state index is 13.0. The van der Waals surface area contributed by atoms with Crippen LogP contribution in [0.15, 0.2) is 71.3 Å². The number of fused-ring (bicyclic) bond motifs is 1. The van der Waals surface area contributed by atoms with Crippen LogP contribution in [0, 0.1) is 6.92 Å². The van der Waals surface area contributed by atoms with Crippen molar-refractivity contribution in [3.8, 4) is 28.5 Å². The number of benzene rings is 3. The van der Waals surface area contributed by atoms with Crippen molar-refractivity contribution in [2.45, 2.75) is 6.92 Å². The number of amides is 1. The van der Waals surface area contributed by atoms with E-state index in [2.05, 4.69) is 20.8 Å². The SMILES string of the molecule is COc1ccc(NC(=O)c2nnn(-c3ccc4noc(-c5ccccc5)c4c3)c2C)c(OC)c1. The maximum absolute atomic E-state index is 13.0. The van der Waals surface area contributed by atoms with Gasteiger partial charge in [0.05, 0.1) is 36.7 Å². The predicted molar refractivity (Wildman–Crippen MR) is 127 cm³/mol. The van der Waals surface area contributed by atoms with E-state index < -0.39 is 5.91 Å². The number of ether oxygens (including phenoxy) is 2. The average Bonchev–Trinajstić information content (AvgIpc) is 3.47. The van der Waals surface area contributed by atoms with Crippen molar-refractivity contribution in [1.29, 1.82) is 0 Å². The minimum Gasteiger partial charge on any atom is -0.497 e. The van der Waals surface area contributed by atoms with Gasteiger partial charge in [-0.25, -0.2) is 4.68 Å². The summed E-state index contributed by atoms with van der Waals surface area (Å²) in [4.78, 5) is 13.0. The van der Waals surface area contributed by atoms with E-state index in [-0.39, 0.29) is 5.69 Å². The number of nitrogens with zero attached hydrogens (tertiary/aromatic N) is 4. The van der Waals surface area contributed by atoms with Crippen LogP contribution in [0.5, 0.6) is 11.5 Å². The molecule has 1 amide bonds. The highest BCUT2D eigenvalue weighted by molar-refractivity contribution is 6.04. The van der Waals surface area contributed by atoms with E-state index >= 15 is 0 Å². The zero-order valence-corrected chi connectivity index (χ0v) is 18.8. The van der Waals surface area contributed by atoms with E-state index in [0.29, 0.717) is 28.6 Å². The first kappa shape index (κ1) is 21.2. The Morgan fingerprint density at radius 3 is 2.59 bits per heavy atom. The minimum absolute atomic E-state index is 0.201. The molecule has 0 bridgehead atoms. The number of aromatic nitrogens is 4. The number of hydrogen-bond donors (Lipinski definition) is 1. The number of anilines is 1. The molecular weight excluding hydrogens is 434 g/mol. The lowest BCUT2D eigenvalue weighted by Gasteiger charge is -2.11. The predicted octanol–water partition coefficient (Wildman–Crippen LogP) is 4.65. The highest BCUT2D eigenvalue weighted by Gasteiger charge is 2.20. The molecule has 0 radical (unpaired) electrons. The second-order valence-electron chi connectivity index (χ2n) is 7.53. The molecule has 0 saturated carbocycles. The maximum Gasteiger partial charge on any atom is 0.278 e. The van der Waals surface area contributed by atoms with Crippen molar-refractivity contribution in [2.24, 2.45) is 0 Å². The zero-order chi connectivity index (χ0) is 23.7. The molecule has 5 aromatic rings. The summed E-state index contributed by atoms with van der Waals surface area (Å²) in [7, 11) is 3.09. The monoisotopic (exact) mass is 455 g/mol. The zero-order valence-electron chi connectivity index (χ0n) is 18.8. The molecule has 0 unspecified atom stereocenters. The molecule has 1 N–H and O–H groups in total. The Labute approximate surface area is 194 Å². The third kappa shape index (κ3) is 3.73. The van der Waals surface area contributed by atoms with Gasteiger partial charge < -0.3 is 19.3 Å². The first-order chi connectivity index (χ1) is 16.6. The van der Waals surface area contributed by atoms with Crippen LogP contribution in [0.4, 0.5) is 5.69 Å². The minimum atomic E-state index is -0.400. The van der Waals surface area contributed by atoms with Crippen molar-refractivity contribution >= 4 is 22.5 Å². The molecule has 0 aliphatic rings. The van der Waals surface area contributed by atoms with Crippen LogP contribution < -0.4 is 14.8 Å². The molecule has 9 heteroatoms. The molecule has 2 heterocycles. The lowest BCUT2D eigenvalue weighted by Crippen LogP contribution is -2.15. The van der Waals surface area contributed by atoms with Gasteiger partial charge >= 0.3 is 0 Å². The number of carbonyl (C=O) groups excluding carboxylic acids is 1. The fourth-order valence-corrected chi connectivity index (χ4v) is 3.73. The van der Waals surface area contributed by atoms with E-state index in [4.69, 9.17) is 14.0 Å². The van der Waals surface area contributed by atoms with Gasteiger partial charge in [-0.05, 0) is 37.3 Å². The van der Waals surface area contributed by atoms with Crippen LogP contribution in [0.3, 0.4) is 0 Å². The smallest absolute Gasteiger partial charge is 0.278 e. The molecular formula is C25H21N5O4. The van der Waals surface area contributed by atoms with Gasteiger partial charge in [0, 0.05) is 11.6 Å². The van der Waals surface area contributed by atoms with Crippen LogP contribution in [0.1, 0.15) is 16.2 Å². The third-order valence-electron chi connectivity index (χ3n) is 5.51. The molecule has 5 rings (SSSR count). The van der Waals surface area contributed by atoms with Crippen molar-refractivity contribution in [3.63, 3.8) is 0 Å². The normalized spacial score (nSPS) is 10.9. The average molecular weight is 455 g/mol. The Morgan fingerprint density at radius 1 is 1.00 bits per heavy atom. The van der Waals surface area contributed by atoms with Crippen molar-refractivity contribution in [2.75, 3.05) is 19.5 Å². The standard InChI is InChI=1S/C25H21N5O4/c1-15-23(25(31)26-21-12-10-18(32-2)14-22(21)33-3)27-29-30(15)17-9-11-20-19(13-17)24(34-28-20)16-7-5-4-6-8-16/h4-14H,1-3H3,(H,26,31). The fraction of sp³-hybridized carbons (Fsp3) is 0.120. The molecule has 0 fully saturated rings. The van der Waals surface area contributed by atoms with Gasteiger partial charge in [-0.1, -0.05) is 40.7 Å². The van der Waals surface area contributed by atoms with Crippen LogP contribution >= 0.6 is 0 Å². The van der Waals surface area contributed by atoms with Gasteiger partial charge in [-0.2, -0.15) is 0 Å². The van der Waals surface area contributed by atoms with E-state index in [0.717, 1.165) is 22.2 Å². The van der Waals surface area contributed by atoms with E-state index in [9.17, 15) is 4.79 Å². The van der Waals surface area contributed by atoms with Crippen LogP contribution in [0.25, 0.3) is 27.9 Å². The van der Waals surface area contributed by atoms with E-state index in [1.807, 2.05) is 48.5 Å². The van der Waals surface area contributed by atoms with Gasteiger partial charge in [0.25, 0.3) is 5.91 Å². The summed E-state index contributed by atoms with van der Waals surface area (Å²) in [6.07, 6.45) is 0. The number of methoxy groups -OCH3 is 2. The first-order valence-electron chi connectivity index (χ1n) is 10.5. The molecule has 170 valence electrons. The summed E-state index contributed by atoms with van der Waals surface area (Å²) in [5.74, 6) is 1.36. The summed E-state index contributed by atoms with van der Waals surface area (Å²) in [6, 6.07) is 20.5. The Kier molecular flexibility index (Phi) is 5.43. The van der Waals surface area contributed by atoms with E-state index in [1.165, 1.54) is 7.11 Å². The first-order valence-corrected chi connectivity index (χ1v) is 10.5. The number of nitrogens with one attached hydrogen (secondary N) is 1. The third-order valence-corrected chi connectivity index (χ3v) is 5.51. The summed E-state index contributed by atoms with van der Waals surface area (Å²) in [5.41, 5.74) is 3.67. The van der Waals surface area contributed by atoms with Gasteiger partial charge in [0.1, 0.15) is 17.0 Å². The second kappa shape index (κ2) is 8.70. The lowest BCUT2D eigenvalue weighted by molar-refractivity contribution is 0.102. The molecule has 0 spiro atoms. The lowest BCUT2D eigenvalue weighted by atomic mass is 10.1. The molecule has 0 saturated heterocycles. The topological polar surface area (TPSA) is 104 Å². The van der Waals surface area contributed by atoms with Crippen LogP contribution in [-0.4, -0.2) is 40.3 Å². The van der Waals surface area contributed by atoms with E-state index in [1.54, 1.807) is 36.9 Å². The summed E-state index contributed by atoms with van der Waals surface area (Å²) >= 11 is 0. The van der Waals surface area contributed by atoms with Crippen molar-refractivity contribution in [3.05, 3.63) is 78.1 Å². The molecule has 0 atom stereocenters. The highest BCUT2D eigenvalue weighted by Crippen LogP contribution is 2.31. The summed E-state index contributed by atoms with van der Waals surface area (Å²) in [5, 5.41) is 16.2. The summed E-state index contributed by atoms with van der Waals surface area (Å²) in [6.45, 7) is 1.79. The Bertz CT molecular complexity index is 1490. The second-order valence-corrected chi connectivity index (χ2v) is 7.53. The molecule has 34 heavy (non-hydrogen) atoms. The molecule has 2 aromatic heterocycles. The Balaban J connectivity index is 1.47. The Morgan fingerprint density at radius 2 is 1.82 bits per heavy atom. The van der Waals surface area contributed by atoms with Gasteiger partial charge in [0.15, 0.2) is 11.5 Å². The van der Waals surface area contributed by atoms with Crippen molar-refractivity contribution in [1.82, 2.24) is 20.2 Å². The molecule has 9 nitrogen and oxygen atoms in total. The summed E-state index contributed by atoms with van der Waals surface area (Å²) < 4.78 is 17.8. The number of rotatable bonds is 6. The fourth-order valence-electron chi connectivity index (χ4n) is 3.73. The largest absolute Gasteiger partial charge is 0.497 e.